The molecule has 1 saturated heterocycles. The monoisotopic (exact) mass is 312 g/mol. The van der Waals surface area contributed by atoms with Crippen LogP contribution in [0, 0.1) is 0 Å². The van der Waals surface area contributed by atoms with E-state index in [0.717, 1.165) is 44.3 Å². The van der Waals surface area contributed by atoms with Gasteiger partial charge in [0.2, 0.25) is 0 Å². The molecule has 1 aromatic rings. The molecule has 118 valence electrons. The summed E-state index contributed by atoms with van der Waals surface area (Å²) in [7, 11) is -3.19. The molecule has 0 bridgehead atoms. The highest BCUT2D eigenvalue weighted by Crippen LogP contribution is 2.24. The third kappa shape index (κ3) is 4.78. The quantitative estimate of drug-likeness (QED) is 0.594. The number of nitrogens with two attached hydrogens (primary N) is 1. The molecule has 0 aliphatic carbocycles. The molecule has 1 aliphatic rings. The molecule has 1 aromatic carbocycles. The molecule has 0 spiro atoms. The van der Waals surface area contributed by atoms with Crippen molar-refractivity contribution in [1.29, 1.82) is 0 Å². The van der Waals surface area contributed by atoms with Crippen LogP contribution in [-0.2, 0) is 14.6 Å². The first kappa shape index (κ1) is 16.4. The maximum absolute atomic E-state index is 11.6. The van der Waals surface area contributed by atoms with Gasteiger partial charge in [-0.15, -0.1) is 0 Å². The van der Waals surface area contributed by atoms with Crippen LogP contribution in [0.2, 0.25) is 0 Å². The molecule has 2 atom stereocenters. The number of sulfone groups is 1. The Bertz CT molecular complexity index is 554. The first-order chi connectivity index (χ1) is 10.0. The first-order valence-corrected chi connectivity index (χ1v) is 9.27. The van der Waals surface area contributed by atoms with E-state index in [0.29, 0.717) is 11.0 Å². The van der Waals surface area contributed by atoms with Crippen LogP contribution < -0.4 is 11.3 Å². The summed E-state index contributed by atoms with van der Waals surface area (Å²) in [6.07, 6.45) is 6.79. The van der Waals surface area contributed by atoms with Crippen molar-refractivity contribution in [2.45, 2.75) is 49.1 Å². The van der Waals surface area contributed by atoms with Crippen LogP contribution in [0.15, 0.2) is 29.2 Å². The largest absolute Gasteiger partial charge is 0.378 e. The molecule has 0 aromatic heterocycles. The Kier molecular flexibility index (Phi) is 5.75. The highest BCUT2D eigenvalue weighted by atomic mass is 32.2. The Balaban J connectivity index is 1.96. The van der Waals surface area contributed by atoms with E-state index in [1.165, 1.54) is 6.26 Å². The lowest BCUT2D eigenvalue weighted by molar-refractivity contribution is 0.101. The number of hydrogen-bond acceptors (Lipinski definition) is 5. The number of ether oxygens (including phenoxy) is 1. The van der Waals surface area contributed by atoms with Gasteiger partial charge in [-0.1, -0.05) is 12.1 Å². The average Bonchev–Trinajstić information content (AvgIpc) is 2.96. The van der Waals surface area contributed by atoms with Crippen LogP contribution in [-0.4, -0.2) is 27.4 Å². The van der Waals surface area contributed by atoms with Gasteiger partial charge in [-0.25, -0.2) is 8.42 Å². The van der Waals surface area contributed by atoms with Crippen molar-refractivity contribution in [2.24, 2.45) is 5.84 Å². The fourth-order valence-electron chi connectivity index (χ4n) is 2.73. The zero-order chi connectivity index (χ0) is 15.3. The molecule has 1 heterocycles. The minimum absolute atomic E-state index is 0.0342. The molecular formula is C15H24N2O3S. The van der Waals surface area contributed by atoms with Crippen LogP contribution in [0.1, 0.15) is 43.7 Å². The number of benzene rings is 1. The van der Waals surface area contributed by atoms with E-state index >= 15 is 0 Å². The van der Waals surface area contributed by atoms with Gasteiger partial charge in [0.25, 0.3) is 0 Å². The number of rotatable bonds is 7. The van der Waals surface area contributed by atoms with Gasteiger partial charge in [-0.2, -0.15) is 0 Å². The van der Waals surface area contributed by atoms with Crippen molar-refractivity contribution in [1.82, 2.24) is 5.43 Å². The van der Waals surface area contributed by atoms with Gasteiger partial charge in [0.15, 0.2) is 9.84 Å². The summed E-state index contributed by atoms with van der Waals surface area (Å²) in [5.41, 5.74) is 3.70. The third-order valence-electron chi connectivity index (χ3n) is 3.93. The molecule has 6 heteroatoms. The van der Waals surface area contributed by atoms with Crippen LogP contribution in [0.25, 0.3) is 0 Å². The highest BCUT2D eigenvalue weighted by molar-refractivity contribution is 7.90. The second-order valence-corrected chi connectivity index (χ2v) is 7.65. The predicted molar refractivity (Wildman–Crippen MR) is 82.4 cm³/mol. The molecular weight excluding hydrogens is 288 g/mol. The molecule has 2 unspecified atom stereocenters. The Morgan fingerprint density at radius 2 is 2.29 bits per heavy atom. The van der Waals surface area contributed by atoms with E-state index < -0.39 is 9.84 Å². The van der Waals surface area contributed by atoms with Crippen molar-refractivity contribution in [3.63, 3.8) is 0 Å². The van der Waals surface area contributed by atoms with Crippen LogP contribution in [0.4, 0.5) is 0 Å². The average molecular weight is 312 g/mol. The molecule has 0 saturated carbocycles. The van der Waals surface area contributed by atoms with E-state index in [1.807, 2.05) is 6.07 Å². The lowest BCUT2D eigenvalue weighted by atomic mass is 10.00. The molecule has 21 heavy (non-hydrogen) atoms. The summed E-state index contributed by atoms with van der Waals surface area (Å²) in [4.78, 5) is 0.333. The number of nitrogens with one attached hydrogen (secondary N) is 1. The van der Waals surface area contributed by atoms with Crippen molar-refractivity contribution >= 4 is 9.84 Å². The summed E-state index contributed by atoms with van der Waals surface area (Å²) < 4.78 is 28.8. The maximum atomic E-state index is 11.6. The predicted octanol–water partition coefficient (Wildman–Crippen LogP) is 1.94. The van der Waals surface area contributed by atoms with Crippen molar-refractivity contribution in [2.75, 3.05) is 12.9 Å². The van der Waals surface area contributed by atoms with E-state index in [2.05, 4.69) is 5.43 Å². The summed E-state index contributed by atoms with van der Waals surface area (Å²) in [5, 5.41) is 0. The number of hydrazine groups is 1. The van der Waals surface area contributed by atoms with E-state index in [9.17, 15) is 8.42 Å². The lowest BCUT2D eigenvalue weighted by Gasteiger charge is -2.18. The summed E-state index contributed by atoms with van der Waals surface area (Å²) >= 11 is 0. The molecule has 2 rings (SSSR count). The summed E-state index contributed by atoms with van der Waals surface area (Å²) in [6, 6.07) is 6.94. The number of hydrogen-bond donors (Lipinski definition) is 2. The minimum atomic E-state index is -3.19. The fourth-order valence-corrected chi connectivity index (χ4v) is 3.41. The van der Waals surface area contributed by atoms with Gasteiger partial charge in [0.1, 0.15) is 0 Å². The maximum Gasteiger partial charge on any atom is 0.175 e. The van der Waals surface area contributed by atoms with Crippen molar-refractivity contribution in [3.8, 4) is 0 Å². The normalized spacial score (nSPS) is 20.6. The Morgan fingerprint density at radius 1 is 1.48 bits per heavy atom. The standard InChI is InChI=1S/C15H24N2O3S/c1-21(18,19)14-8-2-5-12(11-14)15(17-16)9-3-6-13-7-4-10-20-13/h2,5,8,11,13,15,17H,3-4,6-7,9-10,16H2,1H3. The fraction of sp³-hybridized carbons (Fsp3) is 0.600. The second kappa shape index (κ2) is 7.35. The van der Waals surface area contributed by atoms with Crippen LogP contribution in [0.5, 0.6) is 0 Å². The van der Waals surface area contributed by atoms with Gasteiger partial charge in [-0.3, -0.25) is 11.3 Å². The van der Waals surface area contributed by atoms with E-state index in [1.54, 1.807) is 18.2 Å². The molecule has 0 amide bonds. The summed E-state index contributed by atoms with van der Waals surface area (Å²) in [6.45, 7) is 0.875. The van der Waals surface area contributed by atoms with Crippen LogP contribution >= 0.6 is 0 Å². The molecule has 3 N–H and O–H groups in total. The van der Waals surface area contributed by atoms with Gasteiger partial charge < -0.3 is 4.74 Å². The first-order valence-electron chi connectivity index (χ1n) is 7.38. The van der Waals surface area contributed by atoms with Crippen molar-refractivity contribution in [3.05, 3.63) is 29.8 Å². The Morgan fingerprint density at radius 3 is 2.90 bits per heavy atom. The van der Waals surface area contributed by atoms with Gasteiger partial charge in [0, 0.05) is 18.9 Å². The molecule has 0 radical (unpaired) electrons. The summed E-state index contributed by atoms with van der Waals surface area (Å²) in [5.74, 6) is 5.63. The third-order valence-corrected chi connectivity index (χ3v) is 5.04. The Labute approximate surface area is 126 Å². The van der Waals surface area contributed by atoms with Crippen LogP contribution in [0.3, 0.4) is 0 Å². The highest BCUT2D eigenvalue weighted by Gasteiger charge is 2.17. The van der Waals surface area contributed by atoms with Gasteiger partial charge >= 0.3 is 0 Å². The van der Waals surface area contributed by atoms with Gasteiger partial charge in [-0.05, 0) is 49.8 Å². The second-order valence-electron chi connectivity index (χ2n) is 5.63. The molecule has 5 nitrogen and oxygen atoms in total. The zero-order valence-electron chi connectivity index (χ0n) is 12.4. The SMILES string of the molecule is CS(=O)(=O)c1cccc(C(CCCC2CCCO2)NN)c1. The van der Waals surface area contributed by atoms with E-state index in [4.69, 9.17) is 10.6 Å². The zero-order valence-corrected chi connectivity index (χ0v) is 13.2. The minimum Gasteiger partial charge on any atom is -0.378 e. The van der Waals surface area contributed by atoms with Crippen molar-refractivity contribution < 1.29 is 13.2 Å². The van der Waals surface area contributed by atoms with Gasteiger partial charge in [0.05, 0.1) is 11.0 Å². The molecule has 1 aliphatic heterocycles. The molecule has 1 fully saturated rings. The van der Waals surface area contributed by atoms with E-state index in [-0.39, 0.29) is 6.04 Å². The lowest BCUT2D eigenvalue weighted by Crippen LogP contribution is -2.28. The Hall–Kier alpha value is -0.950. The topological polar surface area (TPSA) is 81.4 Å². The smallest absolute Gasteiger partial charge is 0.175 e.